The molecule has 0 saturated heterocycles. The first-order chi connectivity index (χ1) is 8.52. The lowest BCUT2D eigenvalue weighted by molar-refractivity contribution is -0.128. The van der Waals surface area contributed by atoms with Crippen molar-refractivity contribution in [3.8, 4) is 0 Å². The first kappa shape index (κ1) is 15.3. The molecule has 0 aliphatic heterocycles. The molecular weight excluding hydrogens is 248 g/mol. The van der Waals surface area contributed by atoms with Crippen molar-refractivity contribution in [1.82, 2.24) is 10.6 Å². The number of carbonyl (C=O) groups is 2. The van der Waals surface area contributed by atoms with Crippen LogP contribution in [0.4, 0.5) is 0 Å². The van der Waals surface area contributed by atoms with Gasteiger partial charge in [0.05, 0.1) is 0 Å². The van der Waals surface area contributed by atoms with E-state index in [1.165, 1.54) is 13.3 Å². The Hall–Kier alpha value is -0.710. The number of hydrogen-bond donors (Lipinski definition) is 3. The monoisotopic (exact) mass is 272 g/mol. The highest BCUT2D eigenvalue weighted by Gasteiger charge is 2.22. The van der Waals surface area contributed by atoms with Crippen molar-refractivity contribution >= 4 is 24.4 Å². The molecule has 104 valence electrons. The fourth-order valence-corrected chi connectivity index (χ4v) is 2.63. The molecule has 1 fully saturated rings. The lowest BCUT2D eigenvalue weighted by Crippen LogP contribution is -2.50. The Morgan fingerprint density at radius 1 is 1.28 bits per heavy atom. The van der Waals surface area contributed by atoms with Crippen LogP contribution in [0, 0.1) is 5.92 Å². The van der Waals surface area contributed by atoms with Gasteiger partial charge in [-0.05, 0) is 25.2 Å². The quantitative estimate of drug-likeness (QED) is 0.536. The minimum Gasteiger partial charge on any atom is -0.352 e. The highest BCUT2D eigenvalue weighted by molar-refractivity contribution is 7.80. The molecule has 1 aliphatic rings. The molecule has 0 aromatic rings. The summed E-state index contributed by atoms with van der Waals surface area (Å²) in [5.41, 5.74) is 0. The van der Waals surface area contributed by atoms with Gasteiger partial charge in [-0.3, -0.25) is 9.59 Å². The summed E-state index contributed by atoms with van der Waals surface area (Å²) in [7, 11) is 0. The van der Waals surface area contributed by atoms with Crippen molar-refractivity contribution in [3.63, 3.8) is 0 Å². The van der Waals surface area contributed by atoms with Gasteiger partial charge in [-0.15, -0.1) is 0 Å². The van der Waals surface area contributed by atoms with Crippen LogP contribution >= 0.6 is 12.6 Å². The smallest absolute Gasteiger partial charge is 0.243 e. The van der Waals surface area contributed by atoms with Crippen molar-refractivity contribution in [2.24, 2.45) is 5.92 Å². The maximum absolute atomic E-state index is 12.0. The summed E-state index contributed by atoms with van der Waals surface area (Å²) in [5, 5.41) is 5.65. The summed E-state index contributed by atoms with van der Waals surface area (Å²) in [6.07, 6.45) is 5.64. The Balaban J connectivity index is 2.44. The summed E-state index contributed by atoms with van der Waals surface area (Å²) < 4.78 is 0. The summed E-state index contributed by atoms with van der Waals surface area (Å²) in [4.78, 5) is 23.0. The predicted molar refractivity (Wildman–Crippen MR) is 75.6 cm³/mol. The molecule has 0 radical (unpaired) electrons. The minimum absolute atomic E-state index is 0.111. The zero-order valence-corrected chi connectivity index (χ0v) is 12.1. The summed E-state index contributed by atoms with van der Waals surface area (Å²) in [5.74, 6) is 0.774. The molecule has 1 saturated carbocycles. The lowest BCUT2D eigenvalue weighted by atomic mass is 10.0. The van der Waals surface area contributed by atoms with Gasteiger partial charge in [-0.25, -0.2) is 0 Å². The van der Waals surface area contributed by atoms with Gasteiger partial charge in [0.1, 0.15) is 6.04 Å². The van der Waals surface area contributed by atoms with Crippen LogP contribution in [0.25, 0.3) is 0 Å². The van der Waals surface area contributed by atoms with Crippen LogP contribution in [0.15, 0.2) is 0 Å². The number of nitrogens with one attached hydrogen (secondary N) is 2. The molecule has 1 rings (SSSR count). The Bertz CT molecular complexity index is 297. The molecule has 4 nitrogen and oxygen atoms in total. The van der Waals surface area contributed by atoms with E-state index >= 15 is 0 Å². The van der Waals surface area contributed by atoms with Gasteiger partial charge in [0.25, 0.3) is 0 Å². The molecule has 3 atom stereocenters. The fraction of sp³-hybridized carbons (Fsp3) is 0.846. The van der Waals surface area contributed by atoms with Crippen LogP contribution in [0.5, 0.6) is 0 Å². The van der Waals surface area contributed by atoms with E-state index in [2.05, 4.69) is 30.2 Å². The van der Waals surface area contributed by atoms with Gasteiger partial charge in [-0.2, -0.15) is 12.6 Å². The van der Waals surface area contributed by atoms with E-state index in [1.54, 1.807) is 0 Å². The lowest BCUT2D eigenvalue weighted by Gasteiger charge is -2.21. The largest absolute Gasteiger partial charge is 0.352 e. The molecule has 18 heavy (non-hydrogen) atoms. The van der Waals surface area contributed by atoms with Gasteiger partial charge in [0.15, 0.2) is 0 Å². The average molecular weight is 272 g/mol. The van der Waals surface area contributed by atoms with E-state index in [9.17, 15) is 9.59 Å². The van der Waals surface area contributed by atoms with Crippen LogP contribution in [-0.4, -0.2) is 29.7 Å². The van der Waals surface area contributed by atoms with Crippen LogP contribution < -0.4 is 10.6 Å². The Labute approximate surface area is 115 Å². The SMILES string of the molecule is CC(=O)NC(CS)C(=O)NC1CCCC(C)CC1. The first-order valence-electron chi connectivity index (χ1n) is 6.71. The number of rotatable bonds is 4. The second-order valence-corrected chi connectivity index (χ2v) is 5.62. The summed E-state index contributed by atoms with van der Waals surface area (Å²) in [6, 6.07) is -0.273. The van der Waals surface area contributed by atoms with Crippen molar-refractivity contribution in [3.05, 3.63) is 0 Å². The molecule has 0 spiro atoms. The number of hydrogen-bond acceptors (Lipinski definition) is 3. The zero-order chi connectivity index (χ0) is 13.5. The van der Waals surface area contributed by atoms with Crippen molar-refractivity contribution < 1.29 is 9.59 Å². The third-order valence-electron chi connectivity index (χ3n) is 3.48. The average Bonchev–Trinajstić information content (AvgIpc) is 2.51. The van der Waals surface area contributed by atoms with Crippen molar-refractivity contribution in [1.29, 1.82) is 0 Å². The second kappa shape index (κ2) is 7.67. The molecule has 2 amide bonds. The third kappa shape index (κ3) is 5.29. The molecule has 5 heteroatoms. The maximum Gasteiger partial charge on any atom is 0.243 e. The number of carbonyl (C=O) groups excluding carboxylic acids is 2. The number of thiol groups is 1. The normalized spacial score (nSPS) is 25.9. The minimum atomic E-state index is -0.522. The standard InChI is InChI=1S/C13H24N2O2S/c1-9-4-3-5-11(7-6-9)15-13(17)12(8-18)14-10(2)16/h9,11-12,18H,3-8H2,1-2H3,(H,14,16)(H,15,17). The van der Waals surface area contributed by atoms with Crippen LogP contribution in [0.2, 0.25) is 0 Å². The maximum atomic E-state index is 12.0. The second-order valence-electron chi connectivity index (χ2n) is 5.25. The zero-order valence-electron chi connectivity index (χ0n) is 11.2. The number of amides is 2. The van der Waals surface area contributed by atoms with E-state index in [4.69, 9.17) is 0 Å². The first-order valence-corrected chi connectivity index (χ1v) is 7.34. The van der Waals surface area contributed by atoms with E-state index in [0.717, 1.165) is 31.6 Å². The highest BCUT2D eigenvalue weighted by Crippen LogP contribution is 2.22. The molecule has 1 aliphatic carbocycles. The molecular formula is C13H24N2O2S. The molecule has 3 unspecified atom stereocenters. The van der Waals surface area contributed by atoms with Crippen molar-refractivity contribution in [2.75, 3.05) is 5.75 Å². The molecule has 0 aromatic carbocycles. The van der Waals surface area contributed by atoms with E-state index < -0.39 is 6.04 Å². The Morgan fingerprint density at radius 2 is 2.00 bits per heavy atom. The summed E-state index contributed by atoms with van der Waals surface area (Å²) >= 11 is 4.11. The molecule has 0 aromatic heterocycles. The molecule has 0 heterocycles. The summed E-state index contributed by atoms with van der Waals surface area (Å²) in [6.45, 7) is 3.68. The Kier molecular flexibility index (Phi) is 6.54. The van der Waals surface area contributed by atoms with Gasteiger partial charge < -0.3 is 10.6 Å². The van der Waals surface area contributed by atoms with E-state index in [1.807, 2.05) is 0 Å². The van der Waals surface area contributed by atoms with Gasteiger partial charge in [0.2, 0.25) is 11.8 Å². The molecule has 0 bridgehead atoms. The van der Waals surface area contributed by atoms with Gasteiger partial charge in [0, 0.05) is 18.7 Å². The Morgan fingerprint density at radius 3 is 2.61 bits per heavy atom. The van der Waals surface area contributed by atoms with Crippen LogP contribution in [-0.2, 0) is 9.59 Å². The topological polar surface area (TPSA) is 58.2 Å². The van der Waals surface area contributed by atoms with E-state index in [-0.39, 0.29) is 17.9 Å². The fourth-order valence-electron chi connectivity index (χ4n) is 2.37. The van der Waals surface area contributed by atoms with Gasteiger partial charge >= 0.3 is 0 Å². The van der Waals surface area contributed by atoms with Gasteiger partial charge in [-0.1, -0.05) is 19.8 Å². The van der Waals surface area contributed by atoms with E-state index in [0.29, 0.717) is 5.75 Å². The predicted octanol–water partition coefficient (Wildman–Crippen LogP) is 1.51. The van der Waals surface area contributed by atoms with Crippen molar-refractivity contribution in [2.45, 2.75) is 58.0 Å². The highest BCUT2D eigenvalue weighted by atomic mass is 32.1. The third-order valence-corrected chi connectivity index (χ3v) is 3.85. The van der Waals surface area contributed by atoms with Crippen LogP contribution in [0.3, 0.4) is 0 Å². The molecule has 2 N–H and O–H groups in total. The van der Waals surface area contributed by atoms with Crippen LogP contribution in [0.1, 0.15) is 46.0 Å².